The zero-order chi connectivity index (χ0) is 30.7. The predicted octanol–water partition coefficient (Wildman–Crippen LogP) is 4.90. The first kappa shape index (κ1) is 30.2. The summed E-state index contributed by atoms with van der Waals surface area (Å²) in [6, 6.07) is 18.4. The van der Waals surface area contributed by atoms with Gasteiger partial charge in [-0.25, -0.2) is 9.79 Å². The van der Waals surface area contributed by atoms with E-state index in [-0.39, 0.29) is 17.9 Å². The van der Waals surface area contributed by atoms with Crippen molar-refractivity contribution >= 4 is 51.7 Å². The van der Waals surface area contributed by atoms with Crippen LogP contribution in [0.15, 0.2) is 87.8 Å². The Morgan fingerprint density at radius 1 is 1.14 bits per heavy atom. The molecule has 5 rings (SSSR count). The molecule has 0 aliphatic carbocycles. The van der Waals surface area contributed by atoms with Crippen LogP contribution in [0.5, 0.6) is 11.5 Å². The lowest BCUT2D eigenvalue weighted by Crippen LogP contribution is -2.40. The average Bonchev–Trinajstić information content (AvgIpc) is 3.33. The van der Waals surface area contributed by atoms with Crippen LogP contribution in [0.4, 0.5) is 5.69 Å². The molecule has 1 aliphatic heterocycles. The van der Waals surface area contributed by atoms with Crippen molar-refractivity contribution in [3.8, 4) is 11.5 Å². The summed E-state index contributed by atoms with van der Waals surface area (Å²) >= 11 is 3.39. The number of thiazole rings is 1. The van der Waals surface area contributed by atoms with Crippen molar-refractivity contribution in [2.75, 3.05) is 14.2 Å². The van der Waals surface area contributed by atoms with Gasteiger partial charge in [-0.15, -0.1) is 0 Å². The van der Waals surface area contributed by atoms with Gasteiger partial charge in [-0.1, -0.05) is 48.6 Å². The molecule has 220 valence electrons. The first-order chi connectivity index (χ1) is 20.7. The number of nitro groups is 1. The van der Waals surface area contributed by atoms with E-state index in [1.165, 1.54) is 37.7 Å². The number of benzene rings is 3. The van der Waals surface area contributed by atoms with E-state index in [0.717, 1.165) is 14.7 Å². The van der Waals surface area contributed by atoms with E-state index in [4.69, 9.17) is 19.2 Å². The maximum absolute atomic E-state index is 14.0. The summed E-state index contributed by atoms with van der Waals surface area (Å²) in [7, 11) is 2.85. The average molecular weight is 712 g/mol. The topological polar surface area (TPSA) is 122 Å². The third-order valence-electron chi connectivity index (χ3n) is 6.85. The number of aromatic nitrogens is 1. The Balaban J connectivity index is 1.64. The second kappa shape index (κ2) is 12.9. The van der Waals surface area contributed by atoms with Crippen LogP contribution in [0.3, 0.4) is 0 Å². The van der Waals surface area contributed by atoms with Crippen LogP contribution in [-0.2, 0) is 16.1 Å². The number of ether oxygens (including phenoxy) is 3. The van der Waals surface area contributed by atoms with Gasteiger partial charge in [0, 0.05) is 21.3 Å². The first-order valence-corrected chi connectivity index (χ1v) is 15.1. The number of allylic oxidation sites excluding steroid dienone is 1. The van der Waals surface area contributed by atoms with Crippen molar-refractivity contribution in [3.05, 3.63) is 128 Å². The number of nitrogens with zero attached hydrogens (tertiary/aromatic N) is 3. The molecule has 0 saturated carbocycles. The van der Waals surface area contributed by atoms with Crippen molar-refractivity contribution < 1.29 is 23.9 Å². The molecule has 0 bridgehead atoms. The highest BCUT2D eigenvalue weighted by Gasteiger charge is 2.33. The Hall–Kier alpha value is -4.30. The SMILES string of the molecule is CCC1=C(C(=O)OC)[C@H](c2ccccc2)n2c(s/c(=C/c3cc(I)cc(OC)c3OCc3ccc([N+](=O)[O-])cc3)c2=O)=N1. The Bertz CT molecular complexity index is 1920. The molecule has 1 atom stereocenters. The molecule has 43 heavy (non-hydrogen) atoms. The zero-order valence-corrected chi connectivity index (χ0v) is 26.4. The van der Waals surface area contributed by atoms with Crippen LogP contribution in [0.2, 0.25) is 0 Å². The van der Waals surface area contributed by atoms with E-state index < -0.39 is 16.9 Å². The van der Waals surface area contributed by atoms with Crippen molar-refractivity contribution in [1.29, 1.82) is 0 Å². The minimum absolute atomic E-state index is 0.0120. The summed E-state index contributed by atoms with van der Waals surface area (Å²) < 4.78 is 19.7. The number of esters is 1. The number of non-ortho nitro benzene ring substituents is 1. The molecule has 1 aliphatic rings. The maximum Gasteiger partial charge on any atom is 0.338 e. The van der Waals surface area contributed by atoms with Crippen LogP contribution in [-0.4, -0.2) is 29.7 Å². The number of rotatable bonds is 9. The van der Waals surface area contributed by atoms with Crippen molar-refractivity contribution in [3.63, 3.8) is 0 Å². The smallest absolute Gasteiger partial charge is 0.338 e. The maximum atomic E-state index is 14.0. The fraction of sp³-hybridized carbons (Fsp3) is 0.194. The minimum Gasteiger partial charge on any atom is -0.493 e. The third kappa shape index (κ3) is 6.11. The molecular formula is C31H26IN3O7S. The minimum atomic E-state index is -0.703. The lowest BCUT2D eigenvalue weighted by Gasteiger charge is -2.25. The Morgan fingerprint density at radius 3 is 2.49 bits per heavy atom. The summed E-state index contributed by atoms with van der Waals surface area (Å²) in [6.07, 6.45) is 2.21. The monoisotopic (exact) mass is 711 g/mol. The molecule has 0 N–H and O–H groups in total. The van der Waals surface area contributed by atoms with E-state index in [1.54, 1.807) is 22.8 Å². The van der Waals surface area contributed by atoms with Gasteiger partial charge < -0.3 is 14.2 Å². The fourth-order valence-electron chi connectivity index (χ4n) is 4.83. The van der Waals surface area contributed by atoms with Crippen LogP contribution in [0, 0.1) is 13.7 Å². The van der Waals surface area contributed by atoms with Gasteiger partial charge in [0.2, 0.25) is 0 Å². The molecule has 0 spiro atoms. The number of nitro benzene ring substituents is 1. The van der Waals surface area contributed by atoms with Crippen LogP contribution in [0.25, 0.3) is 6.08 Å². The van der Waals surface area contributed by atoms with Crippen LogP contribution in [0.1, 0.15) is 36.1 Å². The highest BCUT2D eigenvalue weighted by molar-refractivity contribution is 14.1. The quantitative estimate of drug-likeness (QED) is 0.105. The van der Waals surface area contributed by atoms with Gasteiger partial charge in [-0.3, -0.25) is 19.5 Å². The summed E-state index contributed by atoms with van der Waals surface area (Å²) in [5, 5.41) is 11.0. The second-order valence-corrected chi connectivity index (χ2v) is 11.7. The lowest BCUT2D eigenvalue weighted by atomic mass is 9.95. The van der Waals surface area contributed by atoms with E-state index in [2.05, 4.69) is 22.6 Å². The molecule has 0 radical (unpaired) electrons. The van der Waals surface area contributed by atoms with Gasteiger partial charge in [0.25, 0.3) is 11.2 Å². The van der Waals surface area contributed by atoms with Crippen molar-refractivity contribution in [2.45, 2.75) is 26.0 Å². The summed E-state index contributed by atoms with van der Waals surface area (Å²) in [5.74, 6) is 0.348. The first-order valence-electron chi connectivity index (χ1n) is 13.2. The zero-order valence-electron chi connectivity index (χ0n) is 23.4. The molecule has 10 nitrogen and oxygen atoms in total. The van der Waals surface area contributed by atoms with Crippen molar-refractivity contribution in [1.82, 2.24) is 4.57 Å². The number of hydrogen-bond donors (Lipinski definition) is 0. The van der Waals surface area contributed by atoms with Gasteiger partial charge >= 0.3 is 5.97 Å². The molecule has 1 aromatic heterocycles. The largest absolute Gasteiger partial charge is 0.493 e. The summed E-state index contributed by atoms with van der Waals surface area (Å²) in [4.78, 5) is 42.8. The third-order valence-corrected chi connectivity index (χ3v) is 8.46. The van der Waals surface area contributed by atoms with E-state index in [0.29, 0.717) is 44.1 Å². The normalized spacial score (nSPS) is 14.6. The highest BCUT2D eigenvalue weighted by atomic mass is 127. The number of methoxy groups -OCH3 is 2. The molecule has 0 unspecified atom stereocenters. The fourth-order valence-corrected chi connectivity index (χ4v) is 6.46. The molecular weight excluding hydrogens is 685 g/mol. The van der Waals surface area contributed by atoms with E-state index >= 15 is 0 Å². The standard InChI is InChI=1S/C31H26IN3O7S/c1-4-23-26(30(37)41-3)27(19-8-6-5-7-9-19)34-29(36)25(43-31(34)33-23)15-20-14-21(32)16-24(40-2)28(20)42-17-18-10-12-22(13-11-18)35(38)39/h5-16,27H,4,17H2,1-3H3/b25-15+/t27-/m0/s1. The van der Waals surface area contributed by atoms with E-state index in [9.17, 15) is 19.7 Å². The molecule has 0 saturated heterocycles. The summed E-state index contributed by atoms with van der Waals surface area (Å²) in [6.45, 7) is 2.03. The number of halogens is 1. The van der Waals surface area contributed by atoms with E-state index in [1.807, 2.05) is 49.4 Å². The van der Waals surface area contributed by atoms with Crippen molar-refractivity contribution in [2.24, 2.45) is 4.99 Å². The molecule has 3 aromatic carbocycles. The Kier molecular flexibility index (Phi) is 9.06. The predicted molar refractivity (Wildman–Crippen MR) is 170 cm³/mol. The van der Waals surface area contributed by atoms with Gasteiger partial charge in [0.05, 0.1) is 41.0 Å². The highest BCUT2D eigenvalue weighted by Crippen LogP contribution is 2.35. The number of fused-ring (bicyclic) bond motifs is 1. The molecule has 0 amide bonds. The molecule has 0 fully saturated rings. The lowest BCUT2D eigenvalue weighted by molar-refractivity contribution is -0.384. The Morgan fingerprint density at radius 2 is 1.86 bits per heavy atom. The Labute approximate surface area is 263 Å². The van der Waals surface area contributed by atoms with Gasteiger partial charge in [0.1, 0.15) is 6.61 Å². The van der Waals surface area contributed by atoms with Crippen LogP contribution < -0.4 is 24.4 Å². The summed E-state index contributed by atoms with van der Waals surface area (Å²) in [5.41, 5.74) is 2.67. The van der Waals surface area contributed by atoms with Gasteiger partial charge in [-0.05, 0) is 70.5 Å². The van der Waals surface area contributed by atoms with Crippen LogP contribution >= 0.6 is 33.9 Å². The molecule has 12 heteroatoms. The van der Waals surface area contributed by atoms with Gasteiger partial charge in [0.15, 0.2) is 16.3 Å². The molecule has 4 aromatic rings. The number of hydrogen-bond acceptors (Lipinski definition) is 9. The second-order valence-electron chi connectivity index (χ2n) is 9.44. The van der Waals surface area contributed by atoms with Gasteiger partial charge in [-0.2, -0.15) is 0 Å². The molecule has 2 heterocycles. The number of carbonyl (C=O) groups excluding carboxylic acids is 1. The number of carbonyl (C=O) groups is 1.